The van der Waals surface area contributed by atoms with Crippen LogP contribution in [0.2, 0.25) is 0 Å². The zero-order chi connectivity index (χ0) is 79.8. The molecule has 0 unspecified atom stereocenters. The van der Waals surface area contributed by atoms with Crippen molar-refractivity contribution < 1.29 is 73.3 Å². The van der Waals surface area contributed by atoms with Crippen LogP contribution in [0.15, 0.2) is 205 Å². The number of fused-ring (bicyclic) bond motifs is 9. The zero-order valence-corrected chi connectivity index (χ0v) is 66.4. The van der Waals surface area contributed by atoms with Gasteiger partial charge in [0.2, 0.25) is 0 Å². The molecule has 3 aliphatic carbocycles. The molecule has 6 aromatic carbocycles. The van der Waals surface area contributed by atoms with Gasteiger partial charge in [-0.15, -0.1) is 0 Å². The molecule has 23 nitrogen and oxygen atoms in total. The number of methoxy groups -OCH3 is 3. The van der Waals surface area contributed by atoms with Crippen molar-refractivity contribution in [1.29, 1.82) is 10.5 Å². The normalized spacial score (nSPS) is 32.2. The summed E-state index contributed by atoms with van der Waals surface area (Å²) in [4.78, 5) is 20.2. The third-order valence-corrected chi connectivity index (χ3v) is 28.7. The van der Waals surface area contributed by atoms with Gasteiger partial charge in [-0.2, -0.15) is 10.5 Å². The molecule has 12 heterocycles. The lowest BCUT2D eigenvalue weighted by Gasteiger charge is -2.56. The van der Waals surface area contributed by atoms with Gasteiger partial charge in [0.1, 0.15) is 51.3 Å². The van der Waals surface area contributed by atoms with E-state index in [0.717, 1.165) is 117 Å². The quantitative estimate of drug-likeness (QED) is 0.0466. The van der Waals surface area contributed by atoms with Gasteiger partial charge in [-0.05, 0) is 69.8 Å². The topological polar surface area (TPSA) is 300 Å². The first-order chi connectivity index (χ1) is 56.4. The molecule has 24 heteroatoms. The molecule has 0 radical (unpaired) electrons. The number of nitrogens with zero attached hydrogens (tertiary/aromatic N) is 8. The number of aliphatic hydroxyl groups is 6. The Morgan fingerprint density at radius 1 is 0.397 bits per heavy atom. The fraction of sp³-hybridized carbons (Fsp3) is 0.424. The van der Waals surface area contributed by atoms with E-state index >= 15 is 0 Å². The number of likely N-dealkylation sites (tertiary alicyclic amines) is 3. The molecular formula is C92H93BrN8O15. The maximum Gasteiger partial charge on any atom is 0.174 e. The van der Waals surface area contributed by atoms with Crippen LogP contribution in [0, 0.1) is 74.4 Å². The summed E-state index contributed by atoms with van der Waals surface area (Å²) >= 11 is 3.57. The van der Waals surface area contributed by atoms with Crippen molar-refractivity contribution >= 4 is 15.9 Å². The molecule has 3 spiro atoms. The molecule has 3 saturated carbocycles. The predicted octanol–water partition coefficient (Wildman–Crippen LogP) is 9.27. The van der Waals surface area contributed by atoms with Gasteiger partial charge >= 0.3 is 0 Å². The maximum atomic E-state index is 13.3. The number of nitriles is 2. The third-order valence-electron chi connectivity index (χ3n) is 28.1. The minimum Gasteiger partial charge on any atom is -0.495 e. The second-order valence-electron chi connectivity index (χ2n) is 34.4. The van der Waals surface area contributed by atoms with E-state index in [-0.39, 0.29) is 77.5 Å². The van der Waals surface area contributed by atoms with Gasteiger partial charge in [0.25, 0.3) is 0 Å². The van der Waals surface area contributed by atoms with Crippen molar-refractivity contribution in [2.75, 3.05) is 140 Å². The van der Waals surface area contributed by atoms with E-state index < -0.39 is 45.4 Å². The standard InChI is InChI=1S/2C31H31N3O5.C30H31BrN2O5/c2*1-37-25-12-33-13-26-28(25)30(36)24(14-34-16-29(17-34)18-38-19-29)23(15-35)27(21-5-3-2-4-6-21)31(30,39-26)22-9-7-20(11-32)8-10-22;1-36-24-11-32-12-25-27(24)29(35)23(13-33-15-28(16-33)17-37-18-28)22(14-34)26(19-5-3-2-4-6-19)30(29,38-25)20-7-9-21(31)10-8-20/h2*2-10,12-13,23-24,27,35-36H,14-19H2,1H3;2-12,22-23,26,34-35H,13-18H2,1H3/t2*23-,24-,27+,30+,31-;22-,23-,26+,29+,30-/m000/s1. The van der Waals surface area contributed by atoms with E-state index in [0.29, 0.717) is 81.9 Å². The van der Waals surface area contributed by atoms with E-state index in [4.69, 9.17) is 42.6 Å². The largest absolute Gasteiger partial charge is 0.495 e. The van der Waals surface area contributed by atoms with Crippen LogP contribution in [0.4, 0.5) is 0 Å². The average Bonchev–Trinajstić information content (AvgIpc) is 1.50. The smallest absolute Gasteiger partial charge is 0.174 e. The van der Waals surface area contributed by atoms with Crippen molar-refractivity contribution in [2.45, 2.75) is 51.4 Å². The van der Waals surface area contributed by atoms with E-state index in [1.165, 1.54) is 0 Å². The van der Waals surface area contributed by atoms with Crippen molar-refractivity contribution in [3.05, 3.63) is 267 Å². The Labute approximate surface area is 681 Å². The highest BCUT2D eigenvalue weighted by molar-refractivity contribution is 9.10. The molecule has 9 aliphatic heterocycles. The van der Waals surface area contributed by atoms with E-state index in [1.807, 2.05) is 127 Å². The molecule has 598 valence electrons. The maximum absolute atomic E-state index is 13.3. The molecule has 21 rings (SSSR count). The average molecular weight is 1630 g/mol. The Morgan fingerprint density at radius 2 is 0.664 bits per heavy atom. The van der Waals surface area contributed by atoms with Crippen molar-refractivity contribution in [2.24, 2.45) is 51.8 Å². The molecule has 15 atom stereocenters. The summed E-state index contributed by atoms with van der Waals surface area (Å²) in [7, 11) is 4.73. The van der Waals surface area contributed by atoms with Crippen LogP contribution in [-0.2, 0) is 47.8 Å². The van der Waals surface area contributed by atoms with Gasteiger partial charge in [-0.3, -0.25) is 15.0 Å². The number of aromatic nitrogens is 3. The Hall–Kier alpha value is -9.45. The molecule has 116 heavy (non-hydrogen) atoms. The third kappa shape index (κ3) is 11.0. The molecule has 3 aromatic heterocycles. The van der Waals surface area contributed by atoms with Crippen LogP contribution in [-0.4, -0.2) is 200 Å². The highest BCUT2D eigenvalue weighted by Gasteiger charge is 2.80. The lowest BCUT2D eigenvalue weighted by molar-refractivity contribution is -0.200. The Kier molecular flexibility index (Phi) is 19.1. The lowest BCUT2D eigenvalue weighted by Crippen LogP contribution is -2.67. The number of aliphatic hydroxyl groups excluding tert-OH is 3. The number of halogens is 1. The molecule has 6 N–H and O–H groups in total. The van der Waals surface area contributed by atoms with Crippen LogP contribution in [0.5, 0.6) is 34.5 Å². The molecule has 6 saturated heterocycles. The second kappa shape index (κ2) is 29.0. The second-order valence-corrected chi connectivity index (χ2v) is 35.3. The number of pyridine rings is 3. The highest BCUT2D eigenvalue weighted by atomic mass is 79.9. The van der Waals surface area contributed by atoms with Gasteiger partial charge in [0.15, 0.2) is 16.8 Å². The number of rotatable bonds is 18. The van der Waals surface area contributed by atoms with Crippen LogP contribution >= 0.6 is 15.9 Å². The minimum atomic E-state index is -1.56. The van der Waals surface area contributed by atoms with Gasteiger partial charge in [-0.25, -0.2) is 0 Å². The molecule has 0 bridgehead atoms. The first-order valence-electron chi connectivity index (χ1n) is 39.9. The Morgan fingerprint density at radius 3 is 0.897 bits per heavy atom. The minimum absolute atomic E-state index is 0.0843. The van der Waals surface area contributed by atoms with Gasteiger partial charge in [-0.1, -0.05) is 143 Å². The van der Waals surface area contributed by atoms with E-state index in [9.17, 15) is 41.2 Å². The van der Waals surface area contributed by atoms with E-state index in [2.05, 4.69) is 69.9 Å². The first kappa shape index (κ1) is 76.5. The molecule has 12 aliphatic rings. The summed E-state index contributed by atoms with van der Waals surface area (Å²) < 4.78 is 55.6. The molecule has 9 aromatic rings. The van der Waals surface area contributed by atoms with Crippen LogP contribution in [0.25, 0.3) is 0 Å². The predicted molar refractivity (Wildman–Crippen MR) is 426 cm³/mol. The van der Waals surface area contributed by atoms with Gasteiger partial charge in [0, 0.05) is 153 Å². The summed E-state index contributed by atoms with van der Waals surface area (Å²) in [6.07, 6.45) is 9.81. The summed E-state index contributed by atoms with van der Waals surface area (Å²) in [6, 6.07) is 56.9. The fourth-order valence-electron chi connectivity index (χ4n) is 23.5. The summed E-state index contributed by atoms with van der Waals surface area (Å²) in [5.74, 6) is -0.310. The summed E-state index contributed by atoms with van der Waals surface area (Å²) in [5, 5.41) is 92.0. The number of hydrogen-bond donors (Lipinski definition) is 6. The SMILES string of the molecule is COc1cncc2c1[C@]1(O)[C@@H](CN3CC4(COC4)C3)[C@H](CO)[C@@H](c3ccccc3)[C@]1(c1ccc(Br)cc1)O2.COc1cncc2c1[C@]1(O)[C@@H](CN3CC4(COC4)C3)[C@H](CO)[C@@H](c3ccccc3)[C@]1(c1ccc(C#N)cc1)O2.COc1cncc2c1[C@]1(O)[C@@H](CN3CC4(COC4)C3)[C@H](CO)[C@@H](c3ccccc3)[C@]1(c1ccc(C#N)cc1)O2. The zero-order valence-electron chi connectivity index (χ0n) is 64.8. The first-order valence-corrected chi connectivity index (χ1v) is 40.7. The number of benzene rings is 6. The van der Waals surface area contributed by atoms with Gasteiger partial charge < -0.3 is 88.0 Å². The molecular weight excluding hydrogens is 1540 g/mol. The lowest BCUT2D eigenvalue weighted by atomic mass is 9.69. The van der Waals surface area contributed by atoms with Crippen molar-refractivity contribution in [3.8, 4) is 46.6 Å². The summed E-state index contributed by atoms with van der Waals surface area (Å²) in [6.45, 7) is 11.6. The van der Waals surface area contributed by atoms with Crippen molar-refractivity contribution in [1.82, 2.24) is 29.7 Å². The monoisotopic (exact) mass is 1630 g/mol. The van der Waals surface area contributed by atoms with E-state index in [1.54, 1.807) is 82.8 Å². The fourth-order valence-corrected chi connectivity index (χ4v) is 23.7. The number of hydrogen-bond acceptors (Lipinski definition) is 23. The van der Waals surface area contributed by atoms with Crippen LogP contribution in [0.3, 0.4) is 0 Å². The molecule has 0 amide bonds. The highest BCUT2D eigenvalue weighted by Crippen LogP contribution is 2.76. The summed E-state index contributed by atoms with van der Waals surface area (Å²) in [5.41, 5.74) is 0.340. The Balaban J connectivity index is 0.000000116. The van der Waals surface area contributed by atoms with Crippen LogP contribution < -0.4 is 28.4 Å². The molecule has 9 fully saturated rings. The Bertz CT molecular complexity index is 5010. The number of ether oxygens (including phenoxy) is 9. The van der Waals surface area contributed by atoms with Crippen LogP contribution in [0.1, 0.15) is 79.0 Å². The van der Waals surface area contributed by atoms with Crippen molar-refractivity contribution in [3.63, 3.8) is 0 Å². The van der Waals surface area contributed by atoms with Gasteiger partial charge in [0.05, 0.1) is 138 Å².